The van der Waals surface area contributed by atoms with Gasteiger partial charge < -0.3 is 24.6 Å². The first-order chi connectivity index (χ1) is 16.2. The number of benzene rings is 1. The maximum Gasteiger partial charge on any atom is 0.407 e. The second-order valence-electron chi connectivity index (χ2n) is 8.81. The van der Waals surface area contributed by atoms with Gasteiger partial charge in [0.05, 0.1) is 18.8 Å². The number of amides is 1. The van der Waals surface area contributed by atoms with Gasteiger partial charge in [0.2, 0.25) is 0 Å². The van der Waals surface area contributed by atoms with Gasteiger partial charge in [-0.3, -0.25) is 0 Å². The molecule has 7 nitrogen and oxygen atoms in total. The van der Waals surface area contributed by atoms with Crippen LogP contribution in [0.2, 0.25) is 0 Å². The Labute approximate surface area is 203 Å². The molecule has 0 spiro atoms. The monoisotopic (exact) mass is 471 g/mol. The minimum atomic E-state index is -1.06. The second kappa shape index (κ2) is 15.5. The van der Waals surface area contributed by atoms with Gasteiger partial charge in [0, 0.05) is 24.9 Å². The van der Waals surface area contributed by atoms with Crippen molar-refractivity contribution in [3.05, 3.63) is 23.3 Å². The zero-order valence-corrected chi connectivity index (χ0v) is 20.6. The summed E-state index contributed by atoms with van der Waals surface area (Å²) in [6.45, 7) is 6.62. The minimum absolute atomic E-state index is 0.0906. The van der Waals surface area contributed by atoms with Crippen molar-refractivity contribution in [3.63, 3.8) is 0 Å². The number of carbonyl (C=O) groups is 2. The van der Waals surface area contributed by atoms with Crippen molar-refractivity contribution < 1.29 is 28.9 Å². The molecule has 0 saturated heterocycles. The highest BCUT2D eigenvalue weighted by atomic mass is 16.6. The van der Waals surface area contributed by atoms with E-state index in [0.717, 1.165) is 31.2 Å². The lowest BCUT2D eigenvalue weighted by molar-refractivity contribution is 0.0526. The van der Waals surface area contributed by atoms with Crippen LogP contribution in [0.25, 0.3) is 0 Å². The Hall–Kier alpha value is -3.32. The number of hydrogen-bond donors (Lipinski definition) is 2. The van der Waals surface area contributed by atoms with Crippen LogP contribution in [0.15, 0.2) is 12.1 Å². The van der Waals surface area contributed by atoms with Crippen LogP contribution in [-0.4, -0.2) is 42.5 Å². The molecule has 7 heteroatoms. The first-order valence-electron chi connectivity index (χ1n) is 11.7. The number of nitrogens with one attached hydrogen (secondary N) is 1. The summed E-state index contributed by atoms with van der Waals surface area (Å²) in [5.74, 6) is 5.07. The van der Waals surface area contributed by atoms with Crippen molar-refractivity contribution >= 4 is 12.1 Å². The van der Waals surface area contributed by atoms with Crippen LogP contribution in [0.1, 0.15) is 81.6 Å². The Balaban J connectivity index is 2.95. The Morgan fingerprint density at radius 3 is 1.91 bits per heavy atom. The van der Waals surface area contributed by atoms with Gasteiger partial charge in [-0.1, -0.05) is 0 Å². The SMILES string of the molecule is C#CCCCCOc1cc(C(=O)O)cc(OCCCCC#C)c1CCCNC(=O)OC(C)(C)C. The van der Waals surface area contributed by atoms with Crippen LogP contribution in [0.4, 0.5) is 4.79 Å². The first kappa shape index (κ1) is 28.7. The molecule has 0 unspecified atom stereocenters. The van der Waals surface area contributed by atoms with E-state index in [2.05, 4.69) is 17.2 Å². The largest absolute Gasteiger partial charge is 0.493 e. The molecule has 0 saturated carbocycles. The fraction of sp³-hybridized carbons (Fsp3) is 0.556. The molecule has 34 heavy (non-hydrogen) atoms. The van der Waals surface area contributed by atoms with Gasteiger partial charge >= 0.3 is 12.1 Å². The molecule has 1 amide bonds. The quantitative estimate of drug-likeness (QED) is 0.269. The van der Waals surface area contributed by atoms with Crippen molar-refractivity contribution in [2.75, 3.05) is 19.8 Å². The molecule has 0 radical (unpaired) electrons. The standard InChI is InChI=1S/C27H37NO6/c1-6-8-10-12-17-32-23-19-21(25(29)30)20-24(33-18-13-11-9-7-2)22(23)15-14-16-28-26(31)34-27(3,4)5/h1-2,19-20H,8-18H2,3-5H3,(H,28,31)(H,29,30). The number of aromatic carboxylic acids is 1. The number of rotatable bonds is 15. The lowest BCUT2D eigenvalue weighted by Gasteiger charge is -2.20. The maximum atomic E-state index is 11.9. The number of ether oxygens (including phenoxy) is 3. The lowest BCUT2D eigenvalue weighted by Crippen LogP contribution is -2.33. The van der Waals surface area contributed by atoms with E-state index >= 15 is 0 Å². The average molecular weight is 472 g/mol. The number of carboxylic acid groups (broad SMARTS) is 1. The van der Waals surface area contributed by atoms with Gasteiger partial charge in [-0.2, -0.15) is 0 Å². The fourth-order valence-corrected chi connectivity index (χ4v) is 3.04. The Bertz CT molecular complexity index is 828. The molecular weight excluding hydrogens is 434 g/mol. The molecular formula is C27H37NO6. The smallest absolute Gasteiger partial charge is 0.407 e. The minimum Gasteiger partial charge on any atom is -0.493 e. The third-order valence-corrected chi connectivity index (χ3v) is 4.63. The van der Waals surface area contributed by atoms with Crippen molar-refractivity contribution in [2.24, 2.45) is 0 Å². The van der Waals surface area contributed by atoms with Crippen LogP contribution in [-0.2, 0) is 11.2 Å². The summed E-state index contributed by atoms with van der Waals surface area (Å²) < 4.78 is 17.2. The number of carboxylic acids is 1. The van der Waals surface area contributed by atoms with E-state index in [0.29, 0.717) is 56.9 Å². The molecule has 0 aliphatic heterocycles. The molecule has 2 N–H and O–H groups in total. The number of carbonyl (C=O) groups excluding carboxylic acids is 1. The highest BCUT2D eigenvalue weighted by molar-refractivity contribution is 5.89. The van der Waals surface area contributed by atoms with Crippen LogP contribution in [0.3, 0.4) is 0 Å². The van der Waals surface area contributed by atoms with Gasteiger partial charge in [-0.25, -0.2) is 9.59 Å². The van der Waals surface area contributed by atoms with E-state index in [-0.39, 0.29) is 5.56 Å². The van der Waals surface area contributed by atoms with Crippen LogP contribution in [0, 0.1) is 24.7 Å². The van der Waals surface area contributed by atoms with E-state index in [9.17, 15) is 14.7 Å². The van der Waals surface area contributed by atoms with Crippen molar-refractivity contribution in [1.29, 1.82) is 0 Å². The van der Waals surface area contributed by atoms with E-state index < -0.39 is 17.7 Å². The highest BCUT2D eigenvalue weighted by Crippen LogP contribution is 2.33. The maximum absolute atomic E-state index is 11.9. The summed E-state index contributed by atoms with van der Waals surface area (Å²) in [5, 5.41) is 12.3. The van der Waals surface area contributed by atoms with E-state index in [1.807, 2.05) is 0 Å². The Morgan fingerprint density at radius 2 is 1.47 bits per heavy atom. The van der Waals surface area contributed by atoms with Crippen molar-refractivity contribution in [1.82, 2.24) is 5.32 Å². The summed E-state index contributed by atoms with van der Waals surface area (Å²) >= 11 is 0. The molecule has 1 aromatic carbocycles. The van der Waals surface area contributed by atoms with Gasteiger partial charge in [0.15, 0.2) is 0 Å². The summed E-state index contributed by atoms with van der Waals surface area (Å²) in [4.78, 5) is 23.6. The highest BCUT2D eigenvalue weighted by Gasteiger charge is 2.18. The molecule has 0 aliphatic carbocycles. The number of alkyl carbamates (subject to hydrolysis) is 1. The molecule has 1 rings (SSSR count). The fourth-order valence-electron chi connectivity index (χ4n) is 3.04. The van der Waals surface area contributed by atoms with Crippen molar-refractivity contribution in [3.8, 4) is 36.2 Å². The van der Waals surface area contributed by atoms with Crippen molar-refractivity contribution in [2.45, 2.75) is 77.7 Å². The van der Waals surface area contributed by atoms with Gasteiger partial charge in [-0.15, -0.1) is 24.7 Å². The number of hydrogen-bond acceptors (Lipinski definition) is 5. The molecule has 0 atom stereocenters. The summed E-state index contributed by atoms with van der Waals surface area (Å²) in [7, 11) is 0. The summed E-state index contributed by atoms with van der Waals surface area (Å²) in [6, 6.07) is 3.04. The summed E-state index contributed by atoms with van der Waals surface area (Å²) in [6.07, 6.45) is 15.7. The predicted molar refractivity (Wildman–Crippen MR) is 132 cm³/mol. The normalized spacial score (nSPS) is 10.6. The van der Waals surface area contributed by atoms with E-state index in [1.165, 1.54) is 12.1 Å². The zero-order chi connectivity index (χ0) is 25.4. The molecule has 0 aromatic heterocycles. The molecule has 1 aromatic rings. The van der Waals surface area contributed by atoms with E-state index in [4.69, 9.17) is 27.1 Å². The van der Waals surface area contributed by atoms with Gasteiger partial charge in [0.25, 0.3) is 0 Å². The van der Waals surface area contributed by atoms with E-state index in [1.54, 1.807) is 20.8 Å². The Morgan fingerprint density at radius 1 is 0.941 bits per heavy atom. The molecule has 0 bridgehead atoms. The third kappa shape index (κ3) is 12.1. The number of unbranched alkanes of at least 4 members (excludes halogenated alkanes) is 4. The zero-order valence-electron chi connectivity index (χ0n) is 20.6. The second-order valence-corrected chi connectivity index (χ2v) is 8.81. The lowest BCUT2D eigenvalue weighted by atomic mass is 10.0. The van der Waals surface area contributed by atoms with Crippen LogP contribution >= 0.6 is 0 Å². The molecule has 0 heterocycles. The van der Waals surface area contributed by atoms with Gasteiger partial charge in [-0.05, 0) is 71.4 Å². The molecule has 0 aliphatic rings. The topological polar surface area (TPSA) is 94.1 Å². The average Bonchev–Trinajstić information content (AvgIpc) is 2.75. The molecule has 186 valence electrons. The van der Waals surface area contributed by atoms with Gasteiger partial charge in [0.1, 0.15) is 17.1 Å². The summed E-state index contributed by atoms with van der Waals surface area (Å²) in [5.41, 5.74) is 0.287. The Kier molecular flexibility index (Phi) is 13.1. The predicted octanol–water partition coefficient (Wildman–Crippen LogP) is 5.21. The van der Waals surface area contributed by atoms with Crippen LogP contribution < -0.4 is 14.8 Å². The third-order valence-electron chi connectivity index (χ3n) is 4.63. The first-order valence-corrected chi connectivity index (χ1v) is 11.7. The number of terminal acetylenes is 2. The molecule has 0 fully saturated rings. The van der Waals surface area contributed by atoms with Crippen LogP contribution in [0.5, 0.6) is 11.5 Å².